The average Bonchev–Trinajstić information content (AvgIpc) is 2.70. The minimum Gasteiger partial charge on any atom is -0.469 e. The summed E-state index contributed by atoms with van der Waals surface area (Å²) >= 11 is 0. The van der Waals surface area contributed by atoms with E-state index in [0.717, 1.165) is 24.2 Å². The average molecular weight is 259 g/mol. The predicted molar refractivity (Wildman–Crippen MR) is 68.8 cm³/mol. The molecule has 1 heterocycles. The lowest BCUT2D eigenvalue weighted by Crippen LogP contribution is -2.18. The maximum Gasteiger partial charge on any atom is 0.147 e. The lowest BCUT2D eigenvalue weighted by Gasteiger charge is -2.15. The number of nitrogens with one attached hydrogen (secondary N) is 1. The summed E-state index contributed by atoms with van der Waals surface area (Å²) < 4.78 is 27.5. The fourth-order valence-electron chi connectivity index (χ4n) is 1.95. The number of aryl methyl sites for hydroxylation is 1. The summed E-state index contributed by atoms with van der Waals surface area (Å²) in [5.41, 5.74) is 1.14. The molecule has 1 unspecified atom stereocenters. The highest BCUT2D eigenvalue weighted by Gasteiger charge is 2.15. The zero-order valence-corrected chi connectivity index (χ0v) is 11.5. The molecule has 1 N–H and O–H groups in total. The number of sulfone groups is 1. The molecule has 1 rings (SSSR count). The second kappa shape index (κ2) is 6.21. The molecule has 0 fully saturated rings. The van der Waals surface area contributed by atoms with Crippen molar-refractivity contribution in [2.45, 2.75) is 32.2 Å². The zero-order valence-electron chi connectivity index (χ0n) is 10.7. The fraction of sp³-hybridized carbons (Fsp3) is 0.667. The summed E-state index contributed by atoms with van der Waals surface area (Å²) in [6, 6.07) is 2.13. The van der Waals surface area contributed by atoms with Crippen LogP contribution in [0.1, 0.15) is 37.1 Å². The van der Waals surface area contributed by atoms with Gasteiger partial charge in [0.1, 0.15) is 15.6 Å². The van der Waals surface area contributed by atoms with Crippen molar-refractivity contribution in [1.29, 1.82) is 0 Å². The van der Waals surface area contributed by atoms with Crippen molar-refractivity contribution in [3.8, 4) is 0 Å². The van der Waals surface area contributed by atoms with Gasteiger partial charge >= 0.3 is 0 Å². The first kappa shape index (κ1) is 14.3. The maximum atomic E-state index is 11.1. The largest absolute Gasteiger partial charge is 0.469 e. The Hall–Kier alpha value is -0.810. The molecule has 5 heteroatoms. The van der Waals surface area contributed by atoms with Gasteiger partial charge in [0.2, 0.25) is 0 Å². The maximum absolute atomic E-state index is 11.1. The van der Waals surface area contributed by atoms with Crippen LogP contribution >= 0.6 is 0 Å². The van der Waals surface area contributed by atoms with Crippen molar-refractivity contribution in [1.82, 2.24) is 5.32 Å². The van der Waals surface area contributed by atoms with Gasteiger partial charge in [-0.2, -0.15) is 0 Å². The fourth-order valence-corrected chi connectivity index (χ4v) is 2.64. The molecule has 0 aliphatic carbocycles. The Morgan fingerprint density at radius 1 is 1.47 bits per heavy atom. The van der Waals surface area contributed by atoms with E-state index in [2.05, 4.69) is 5.32 Å². The summed E-state index contributed by atoms with van der Waals surface area (Å²) in [5.74, 6) is 1.22. The van der Waals surface area contributed by atoms with Crippen molar-refractivity contribution in [3.63, 3.8) is 0 Å². The molecule has 0 bridgehead atoms. The van der Waals surface area contributed by atoms with E-state index in [1.54, 1.807) is 6.26 Å². The van der Waals surface area contributed by atoms with E-state index in [4.69, 9.17) is 4.42 Å². The third-order valence-corrected chi connectivity index (χ3v) is 3.86. The van der Waals surface area contributed by atoms with Gasteiger partial charge in [0.05, 0.1) is 6.26 Å². The van der Waals surface area contributed by atoms with Crippen molar-refractivity contribution >= 4 is 9.84 Å². The Balaban J connectivity index is 2.60. The second-order valence-corrected chi connectivity index (χ2v) is 6.53. The first-order chi connectivity index (χ1) is 7.98. The second-order valence-electron chi connectivity index (χ2n) is 4.27. The highest BCUT2D eigenvalue weighted by atomic mass is 32.2. The smallest absolute Gasteiger partial charge is 0.147 e. The highest BCUT2D eigenvalue weighted by Crippen LogP contribution is 2.23. The van der Waals surface area contributed by atoms with Crippen molar-refractivity contribution in [3.05, 3.63) is 23.7 Å². The minimum atomic E-state index is -2.86. The van der Waals surface area contributed by atoms with E-state index in [9.17, 15) is 8.42 Å². The Labute approximate surface area is 103 Å². The lowest BCUT2D eigenvalue weighted by molar-refractivity contribution is 0.484. The van der Waals surface area contributed by atoms with Crippen molar-refractivity contribution < 1.29 is 12.8 Å². The van der Waals surface area contributed by atoms with Crippen molar-refractivity contribution in [2.75, 3.05) is 19.1 Å². The topological polar surface area (TPSA) is 59.3 Å². The molecule has 1 atom stereocenters. The zero-order chi connectivity index (χ0) is 12.9. The molecule has 0 amide bonds. The number of furan rings is 1. The third kappa shape index (κ3) is 4.52. The van der Waals surface area contributed by atoms with E-state index >= 15 is 0 Å². The van der Waals surface area contributed by atoms with Gasteiger partial charge in [0, 0.05) is 30.0 Å². The van der Waals surface area contributed by atoms with Gasteiger partial charge in [-0.1, -0.05) is 6.92 Å². The summed E-state index contributed by atoms with van der Waals surface area (Å²) in [5, 5.41) is 3.21. The van der Waals surface area contributed by atoms with Crippen LogP contribution in [0.15, 0.2) is 16.7 Å². The molecule has 98 valence electrons. The molecule has 1 aromatic heterocycles. The van der Waals surface area contributed by atoms with Crippen LogP contribution in [0.3, 0.4) is 0 Å². The minimum absolute atomic E-state index is 0.172. The summed E-state index contributed by atoms with van der Waals surface area (Å²) in [4.78, 5) is 0. The van der Waals surface area contributed by atoms with Crippen LogP contribution in [-0.4, -0.2) is 27.5 Å². The first-order valence-corrected chi connectivity index (χ1v) is 7.95. The van der Waals surface area contributed by atoms with Gasteiger partial charge < -0.3 is 9.73 Å². The van der Waals surface area contributed by atoms with E-state index < -0.39 is 9.84 Å². The van der Waals surface area contributed by atoms with Crippen LogP contribution in [0, 0.1) is 0 Å². The molecule has 17 heavy (non-hydrogen) atoms. The molecule has 0 aliphatic rings. The molecular formula is C12H21NO3S. The van der Waals surface area contributed by atoms with Gasteiger partial charge in [-0.05, 0) is 26.0 Å². The van der Waals surface area contributed by atoms with Crippen LogP contribution in [0.4, 0.5) is 0 Å². The molecule has 0 spiro atoms. The highest BCUT2D eigenvalue weighted by molar-refractivity contribution is 7.90. The van der Waals surface area contributed by atoms with Crippen LogP contribution in [0.5, 0.6) is 0 Å². The van der Waals surface area contributed by atoms with E-state index in [1.165, 1.54) is 6.26 Å². The molecule has 0 aliphatic heterocycles. The normalized spacial score (nSPS) is 13.8. The van der Waals surface area contributed by atoms with Crippen molar-refractivity contribution in [2.24, 2.45) is 0 Å². The Kier molecular flexibility index (Phi) is 5.21. The van der Waals surface area contributed by atoms with E-state index in [-0.39, 0.29) is 11.8 Å². The molecule has 4 nitrogen and oxygen atoms in total. The van der Waals surface area contributed by atoms with Gasteiger partial charge in [-0.25, -0.2) is 8.42 Å². The number of hydrogen-bond donors (Lipinski definition) is 1. The quantitative estimate of drug-likeness (QED) is 0.813. The van der Waals surface area contributed by atoms with Crippen LogP contribution in [0.2, 0.25) is 0 Å². The number of rotatable bonds is 7. The Morgan fingerprint density at radius 2 is 2.18 bits per heavy atom. The monoisotopic (exact) mass is 259 g/mol. The Morgan fingerprint density at radius 3 is 2.71 bits per heavy atom. The van der Waals surface area contributed by atoms with Gasteiger partial charge in [0.25, 0.3) is 0 Å². The van der Waals surface area contributed by atoms with Crippen LogP contribution in [-0.2, 0) is 16.3 Å². The van der Waals surface area contributed by atoms with Gasteiger partial charge in [0.15, 0.2) is 0 Å². The summed E-state index contributed by atoms with van der Waals surface area (Å²) in [6.07, 6.45) is 5.28. The molecule has 1 aromatic rings. The summed E-state index contributed by atoms with van der Waals surface area (Å²) in [6.45, 7) is 2.05. The standard InChI is InChI=1S/C12H21NO3S/c1-4-12-10(7-8-16-12)11(13-2)6-5-9-17(3,14)15/h7-8,11,13H,4-6,9H2,1-3H3. The molecule has 0 saturated heterocycles. The number of hydrogen-bond acceptors (Lipinski definition) is 4. The molecule has 0 saturated carbocycles. The van der Waals surface area contributed by atoms with E-state index in [0.29, 0.717) is 6.42 Å². The van der Waals surface area contributed by atoms with E-state index in [1.807, 2.05) is 20.0 Å². The summed E-state index contributed by atoms with van der Waals surface area (Å²) in [7, 11) is -0.977. The third-order valence-electron chi connectivity index (χ3n) is 2.83. The van der Waals surface area contributed by atoms with Crippen LogP contribution < -0.4 is 5.32 Å². The molecular weight excluding hydrogens is 238 g/mol. The first-order valence-electron chi connectivity index (χ1n) is 5.89. The van der Waals surface area contributed by atoms with Gasteiger partial charge in [-0.15, -0.1) is 0 Å². The van der Waals surface area contributed by atoms with Gasteiger partial charge in [-0.3, -0.25) is 0 Å². The Bertz CT molecular complexity index is 436. The predicted octanol–water partition coefficient (Wildman–Crippen LogP) is 1.93. The van der Waals surface area contributed by atoms with Crippen LogP contribution in [0.25, 0.3) is 0 Å². The lowest BCUT2D eigenvalue weighted by atomic mass is 10.0. The molecule has 0 radical (unpaired) electrons. The SMILES string of the molecule is CCc1occc1C(CCCS(C)(=O)=O)NC. The molecule has 0 aromatic carbocycles.